The molecule has 0 aliphatic carbocycles. The number of nitriles is 1. The fraction of sp³-hybridized carbons (Fsp3) is 0.292. The summed E-state index contributed by atoms with van der Waals surface area (Å²) >= 11 is 3.36. The third-order valence-electron chi connectivity index (χ3n) is 5.00. The average Bonchev–Trinajstić information content (AvgIpc) is 2.80. The Hall–Kier alpha value is -3.11. The van der Waals surface area contributed by atoms with Crippen molar-refractivity contribution in [1.29, 1.82) is 5.26 Å². The third-order valence-corrected chi connectivity index (χ3v) is 5.59. The van der Waals surface area contributed by atoms with Crippen LogP contribution in [0.3, 0.4) is 0 Å². The van der Waals surface area contributed by atoms with Gasteiger partial charge in [-0.1, -0.05) is 30.3 Å². The standard InChI is InChI=1S/C24H23BrN2O4/c1-2-30-21-15-18(16-26)14-20(25)23(21)31-24(29)19-10-12-27(13-11-19)22(28)9-8-17-6-4-3-5-7-17/h3-9,14-15,19H,2,10-13H2,1H3/b9-8+. The van der Waals surface area contributed by atoms with Gasteiger partial charge >= 0.3 is 5.97 Å². The van der Waals surface area contributed by atoms with Crippen molar-refractivity contribution < 1.29 is 19.1 Å². The van der Waals surface area contributed by atoms with E-state index in [9.17, 15) is 9.59 Å². The number of carbonyl (C=O) groups is 2. The van der Waals surface area contributed by atoms with Crippen LogP contribution in [0, 0.1) is 17.2 Å². The lowest BCUT2D eigenvalue weighted by atomic mass is 9.97. The maximum atomic E-state index is 12.7. The van der Waals surface area contributed by atoms with E-state index in [2.05, 4.69) is 22.0 Å². The minimum Gasteiger partial charge on any atom is -0.490 e. The van der Waals surface area contributed by atoms with Crippen molar-refractivity contribution in [3.8, 4) is 17.6 Å². The van der Waals surface area contributed by atoms with Crippen LogP contribution in [0.2, 0.25) is 0 Å². The number of carbonyl (C=O) groups excluding carboxylic acids is 2. The van der Waals surface area contributed by atoms with Gasteiger partial charge in [0.05, 0.1) is 28.6 Å². The van der Waals surface area contributed by atoms with E-state index in [0.717, 1.165) is 5.56 Å². The molecule has 1 aliphatic rings. The molecule has 3 rings (SSSR count). The van der Waals surface area contributed by atoms with Gasteiger partial charge in [-0.3, -0.25) is 9.59 Å². The summed E-state index contributed by atoms with van der Waals surface area (Å²) in [5.41, 5.74) is 1.37. The molecule has 2 aromatic rings. The van der Waals surface area contributed by atoms with Crippen molar-refractivity contribution in [2.75, 3.05) is 19.7 Å². The van der Waals surface area contributed by atoms with Crippen LogP contribution in [0.25, 0.3) is 6.08 Å². The lowest BCUT2D eigenvalue weighted by molar-refractivity contribution is -0.142. The van der Waals surface area contributed by atoms with Crippen molar-refractivity contribution >= 4 is 33.9 Å². The second-order valence-corrected chi connectivity index (χ2v) is 7.95. The quantitative estimate of drug-likeness (QED) is 0.342. The topological polar surface area (TPSA) is 79.6 Å². The Balaban J connectivity index is 1.59. The zero-order valence-electron chi connectivity index (χ0n) is 17.2. The normalized spacial score (nSPS) is 14.3. The first-order valence-corrected chi connectivity index (χ1v) is 10.9. The first kappa shape index (κ1) is 22.6. The first-order valence-electron chi connectivity index (χ1n) is 10.1. The van der Waals surface area contributed by atoms with Gasteiger partial charge in [0, 0.05) is 25.2 Å². The van der Waals surface area contributed by atoms with Gasteiger partial charge in [0.25, 0.3) is 0 Å². The maximum absolute atomic E-state index is 12.7. The Labute approximate surface area is 190 Å². The Bertz CT molecular complexity index is 1010. The van der Waals surface area contributed by atoms with E-state index in [1.807, 2.05) is 37.3 Å². The van der Waals surface area contributed by atoms with E-state index in [1.165, 1.54) is 0 Å². The highest BCUT2D eigenvalue weighted by Gasteiger charge is 2.29. The number of nitrogens with zero attached hydrogens (tertiary/aromatic N) is 2. The van der Waals surface area contributed by atoms with E-state index in [0.29, 0.717) is 48.3 Å². The molecular formula is C24H23BrN2O4. The molecule has 1 fully saturated rings. The van der Waals surface area contributed by atoms with Crippen LogP contribution >= 0.6 is 15.9 Å². The van der Waals surface area contributed by atoms with Crippen LogP contribution in [-0.4, -0.2) is 36.5 Å². The summed E-state index contributed by atoms with van der Waals surface area (Å²) < 4.78 is 11.7. The number of rotatable bonds is 6. The zero-order valence-corrected chi connectivity index (χ0v) is 18.8. The highest BCUT2D eigenvalue weighted by atomic mass is 79.9. The summed E-state index contributed by atoms with van der Waals surface area (Å²) in [5.74, 6) is -0.114. The Kier molecular flexibility index (Phi) is 7.85. The summed E-state index contributed by atoms with van der Waals surface area (Å²) in [6, 6.07) is 14.8. The zero-order chi connectivity index (χ0) is 22.2. The van der Waals surface area contributed by atoms with E-state index in [-0.39, 0.29) is 23.5 Å². The Morgan fingerprint density at radius 2 is 1.94 bits per heavy atom. The summed E-state index contributed by atoms with van der Waals surface area (Å²) in [4.78, 5) is 26.9. The summed E-state index contributed by atoms with van der Waals surface area (Å²) in [7, 11) is 0. The van der Waals surface area contributed by atoms with Gasteiger partial charge in [0.2, 0.25) is 5.91 Å². The van der Waals surface area contributed by atoms with Crippen molar-refractivity contribution in [3.63, 3.8) is 0 Å². The highest BCUT2D eigenvalue weighted by Crippen LogP contribution is 2.37. The number of hydrogen-bond donors (Lipinski definition) is 0. The molecule has 6 nitrogen and oxygen atoms in total. The van der Waals surface area contributed by atoms with Gasteiger partial charge in [-0.15, -0.1) is 0 Å². The summed E-state index contributed by atoms with van der Waals surface area (Å²) in [5, 5.41) is 9.13. The second-order valence-electron chi connectivity index (χ2n) is 7.09. The first-order chi connectivity index (χ1) is 15.0. The molecule has 0 saturated carbocycles. The molecule has 0 aromatic heterocycles. The van der Waals surface area contributed by atoms with Gasteiger partial charge in [0.15, 0.2) is 11.5 Å². The Morgan fingerprint density at radius 3 is 2.58 bits per heavy atom. The molecule has 1 amide bonds. The fourth-order valence-corrected chi connectivity index (χ4v) is 3.87. The average molecular weight is 483 g/mol. The lowest BCUT2D eigenvalue weighted by Gasteiger charge is -2.30. The molecule has 0 unspecified atom stereocenters. The minimum absolute atomic E-state index is 0.0656. The summed E-state index contributed by atoms with van der Waals surface area (Å²) in [6.45, 7) is 3.18. The monoisotopic (exact) mass is 482 g/mol. The third kappa shape index (κ3) is 5.96. The van der Waals surface area contributed by atoms with Gasteiger partial charge in [-0.25, -0.2) is 0 Å². The van der Waals surface area contributed by atoms with Crippen LogP contribution in [-0.2, 0) is 9.59 Å². The fourth-order valence-electron chi connectivity index (χ4n) is 3.35. The van der Waals surface area contributed by atoms with Crippen molar-refractivity contribution in [3.05, 3.63) is 64.1 Å². The van der Waals surface area contributed by atoms with Crippen LogP contribution in [0.5, 0.6) is 11.5 Å². The number of amides is 1. The molecule has 0 N–H and O–H groups in total. The van der Waals surface area contributed by atoms with Crippen LogP contribution < -0.4 is 9.47 Å². The molecule has 7 heteroatoms. The minimum atomic E-state index is -0.363. The summed E-state index contributed by atoms with van der Waals surface area (Å²) in [6.07, 6.45) is 4.42. The number of esters is 1. The number of piperidine rings is 1. The molecular weight excluding hydrogens is 460 g/mol. The molecule has 0 radical (unpaired) electrons. The largest absolute Gasteiger partial charge is 0.490 e. The molecule has 1 aliphatic heterocycles. The van der Waals surface area contributed by atoms with Gasteiger partial charge in [-0.05, 0) is 53.4 Å². The SMILES string of the molecule is CCOc1cc(C#N)cc(Br)c1OC(=O)C1CCN(C(=O)/C=C/c2ccccc2)CC1. The highest BCUT2D eigenvalue weighted by molar-refractivity contribution is 9.10. The van der Waals surface area contributed by atoms with Gasteiger partial charge < -0.3 is 14.4 Å². The van der Waals surface area contributed by atoms with Crippen LogP contribution in [0.1, 0.15) is 30.9 Å². The van der Waals surface area contributed by atoms with Crippen LogP contribution in [0.15, 0.2) is 53.0 Å². The Morgan fingerprint density at radius 1 is 1.23 bits per heavy atom. The molecule has 0 bridgehead atoms. The molecule has 0 spiro atoms. The molecule has 31 heavy (non-hydrogen) atoms. The smallest absolute Gasteiger partial charge is 0.314 e. The van der Waals surface area contributed by atoms with Gasteiger partial charge in [-0.2, -0.15) is 5.26 Å². The van der Waals surface area contributed by atoms with E-state index < -0.39 is 0 Å². The molecule has 0 atom stereocenters. The number of likely N-dealkylation sites (tertiary alicyclic amines) is 1. The number of hydrogen-bond acceptors (Lipinski definition) is 5. The van der Waals surface area contributed by atoms with Crippen molar-refractivity contribution in [1.82, 2.24) is 4.90 Å². The molecule has 1 heterocycles. The van der Waals surface area contributed by atoms with Crippen molar-refractivity contribution in [2.45, 2.75) is 19.8 Å². The number of ether oxygens (including phenoxy) is 2. The molecule has 160 valence electrons. The molecule has 1 saturated heterocycles. The predicted octanol–water partition coefficient (Wildman–Crippen LogP) is 4.58. The van der Waals surface area contributed by atoms with E-state index in [4.69, 9.17) is 14.7 Å². The lowest BCUT2D eigenvalue weighted by Crippen LogP contribution is -2.40. The predicted molar refractivity (Wildman–Crippen MR) is 120 cm³/mol. The van der Waals surface area contributed by atoms with E-state index >= 15 is 0 Å². The van der Waals surface area contributed by atoms with Crippen LogP contribution in [0.4, 0.5) is 0 Å². The second kappa shape index (κ2) is 10.8. The molecule has 2 aromatic carbocycles. The maximum Gasteiger partial charge on any atom is 0.314 e. The number of halogens is 1. The number of benzene rings is 2. The van der Waals surface area contributed by atoms with E-state index in [1.54, 1.807) is 29.2 Å². The van der Waals surface area contributed by atoms with Gasteiger partial charge in [0.1, 0.15) is 0 Å². The van der Waals surface area contributed by atoms with Crippen molar-refractivity contribution in [2.24, 2.45) is 5.92 Å².